The van der Waals surface area contributed by atoms with Crippen molar-refractivity contribution in [2.24, 2.45) is 0 Å². The fraction of sp³-hybridized carbons (Fsp3) is 0.353. The number of nitrogens with zero attached hydrogens (tertiary/aromatic N) is 1. The minimum atomic E-state index is -0.614. The Labute approximate surface area is 162 Å². The van der Waals surface area contributed by atoms with Gasteiger partial charge < -0.3 is 20.7 Å². The Hall–Kier alpha value is -2.62. The lowest BCUT2D eigenvalue weighted by molar-refractivity contribution is -0.115. The molecule has 2 aromatic rings. The summed E-state index contributed by atoms with van der Waals surface area (Å²) in [7, 11) is 3.13. The van der Waals surface area contributed by atoms with Crippen LogP contribution in [0.4, 0.5) is 11.5 Å². The molecule has 0 unspecified atom stereocenters. The molecule has 9 nitrogen and oxygen atoms in total. The highest BCUT2D eigenvalue weighted by atomic mass is 35.5. The maximum absolute atomic E-state index is 12.3. The van der Waals surface area contributed by atoms with E-state index in [1.54, 1.807) is 7.05 Å². The number of hydrogen-bond acceptors (Lipinski definition) is 6. The van der Waals surface area contributed by atoms with Crippen molar-refractivity contribution in [3.8, 4) is 0 Å². The smallest absolute Gasteiger partial charge is 0.330 e. The van der Waals surface area contributed by atoms with Crippen LogP contribution in [-0.4, -0.2) is 42.8 Å². The summed E-state index contributed by atoms with van der Waals surface area (Å²) >= 11 is 0. The highest BCUT2D eigenvalue weighted by molar-refractivity contribution is 5.94. The molecular weight excluding hydrogens is 374 g/mol. The van der Waals surface area contributed by atoms with Gasteiger partial charge in [-0.15, -0.1) is 12.4 Å². The van der Waals surface area contributed by atoms with Gasteiger partial charge in [-0.2, -0.15) is 0 Å². The van der Waals surface area contributed by atoms with Crippen molar-refractivity contribution in [1.82, 2.24) is 14.9 Å². The van der Waals surface area contributed by atoms with Gasteiger partial charge in [-0.3, -0.25) is 19.1 Å². The normalized spacial score (nSPS) is 10.1. The third-order valence-electron chi connectivity index (χ3n) is 3.63. The predicted octanol–water partition coefficient (Wildman–Crippen LogP) is 0.375. The van der Waals surface area contributed by atoms with Crippen LogP contribution in [0.1, 0.15) is 5.56 Å². The SMILES string of the molecule is CNCC(=O)Nc1c(NCc2ccccc2)c(=O)[nH]c(=O)n1CCOC.Cl. The summed E-state index contributed by atoms with van der Waals surface area (Å²) in [6.07, 6.45) is 0. The zero-order chi connectivity index (χ0) is 18.9. The number of aromatic amines is 1. The van der Waals surface area contributed by atoms with Gasteiger partial charge in [0.05, 0.1) is 19.7 Å². The maximum atomic E-state index is 12.3. The minimum Gasteiger partial charge on any atom is -0.383 e. The second kappa shape index (κ2) is 11.2. The summed E-state index contributed by atoms with van der Waals surface area (Å²) < 4.78 is 6.28. The number of amides is 1. The highest BCUT2D eigenvalue weighted by Crippen LogP contribution is 2.16. The van der Waals surface area contributed by atoms with Gasteiger partial charge in [0.15, 0.2) is 0 Å². The average Bonchev–Trinajstić information content (AvgIpc) is 2.62. The van der Waals surface area contributed by atoms with Gasteiger partial charge in [0.1, 0.15) is 11.5 Å². The largest absolute Gasteiger partial charge is 0.383 e. The van der Waals surface area contributed by atoms with E-state index < -0.39 is 11.2 Å². The molecule has 0 fully saturated rings. The van der Waals surface area contributed by atoms with Gasteiger partial charge >= 0.3 is 5.69 Å². The quantitative estimate of drug-likeness (QED) is 0.486. The average molecular weight is 398 g/mol. The van der Waals surface area contributed by atoms with Crippen molar-refractivity contribution in [2.45, 2.75) is 13.1 Å². The standard InChI is InChI=1S/C17H23N5O4.ClH/c1-18-11-13(23)20-15-14(19-10-12-6-4-3-5-7-12)16(24)21-17(25)22(15)8-9-26-2;/h3-7,18-19H,8-11H2,1-2H3,(H,20,23)(H,21,24,25);1H. The van der Waals surface area contributed by atoms with Crippen LogP contribution >= 0.6 is 12.4 Å². The van der Waals surface area contributed by atoms with E-state index >= 15 is 0 Å². The van der Waals surface area contributed by atoms with E-state index in [1.807, 2.05) is 30.3 Å². The number of ether oxygens (including phenoxy) is 1. The Morgan fingerprint density at radius 2 is 1.93 bits per heavy atom. The number of H-pyrrole nitrogens is 1. The molecule has 0 saturated heterocycles. The van der Waals surface area contributed by atoms with Gasteiger partial charge in [0, 0.05) is 13.7 Å². The summed E-state index contributed by atoms with van der Waals surface area (Å²) in [5, 5.41) is 8.37. The van der Waals surface area contributed by atoms with Crippen LogP contribution in [0.5, 0.6) is 0 Å². The van der Waals surface area contributed by atoms with Crippen LogP contribution < -0.4 is 27.2 Å². The third kappa shape index (κ3) is 6.24. The van der Waals surface area contributed by atoms with E-state index in [0.717, 1.165) is 5.56 Å². The number of likely N-dealkylation sites (N-methyl/N-ethyl adjacent to an activating group) is 1. The van der Waals surface area contributed by atoms with Crippen LogP contribution in [0.2, 0.25) is 0 Å². The van der Waals surface area contributed by atoms with Crippen molar-refractivity contribution in [2.75, 3.05) is 37.9 Å². The van der Waals surface area contributed by atoms with Gasteiger partial charge in [-0.1, -0.05) is 30.3 Å². The van der Waals surface area contributed by atoms with Crippen LogP contribution in [0, 0.1) is 0 Å². The predicted molar refractivity (Wildman–Crippen MR) is 107 cm³/mol. The molecule has 1 heterocycles. The number of benzene rings is 1. The van der Waals surface area contributed by atoms with Gasteiger partial charge in [0.2, 0.25) is 5.91 Å². The fourth-order valence-electron chi connectivity index (χ4n) is 2.38. The molecule has 0 spiro atoms. The molecule has 0 atom stereocenters. The monoisotopic (exact) mass is 397 g/mol. The molecule has 148 valence electrons. The van der Waals surface area contributed by atoms with Gasteiger partial charge in [-0.25, -0.2) is 4.79 Å². The minimum absolute atomic E-state index is 0. The molecule has 0 aliphatic heterocycles. The van der Waals surface area contributed by atoms with E-state index in [2.05, 4.69) is 20.9 Å². The molecular formula is C17H24ClN5O4. The van der Waals surface area contributed by atoms with Crippen LogP contribution in [0.15, 0.2) is 39.9 Å². The number of hydrogen-bond donors (Lipinski definition) is 4. The molecule has 1 amide bonds. The van der Waals surface area contributed by atoms with Gasteiger partial charge in [-0.05, 0) is 12.6 Å². The first-order valence-corrected chi connectivity index (χ1v) is 8.15. The van der Waals surface area contributed by atoms with E-state index in [9.17, 15) is 14.4 Å². The van der Waals surface area contributed by atoms with Crippen LogP contribution in [0.25, 0.3) is 0 Å². The van der Waals surface area contributed by atoms with E-state index in [0.29, 0.717) is 6.54 Å². The number of methoxy groups -OCH3 is 1. The molecule has 0 radical (unpaired) electrons. The summed E-state index contributed by atoms with van der Waals surface area (Å²) in [5.41, 5.74) is -0.139. The molecule has 2 rings (SSSR count). The Morgan fingerprint density at radius 1 is 1.22 bits per heavy atom. The molecule has 0 aliphatic carbocycles. The van der Waals surface area contributed by atoms with Crippen molar-refractivity contribution >= 4 is 29.8 Å². The number of carbonyl (C=O) groups excluding carboxylic acids is 1. The number of nitrogens with one attached hydrogen (secondary N) is 4. The number of aromatic nitrogens is 2. The number of halogens is 1. The van der Waals surface area contributed by atoms with Crippen molar-refractivity contribution in [1.29, 1.82) is 0 Å². The molecule has 10 heteroatoms. The molecule has 0 aliphatic rings. The maximum Gasteiger partial charge on any atom is 0.330 e. The fourth-order valence-corrected chi connectivity index (χ4v) is 2.38. The Bertz CT molecular complexity index is 851. The van der Waals surface area contributed by atoms with Crippen molar-refractivity contribution < 1.29 is 9.53 Å². The summed E-state index contributed by atoms with van der Waals surface area (Å²) in [6, 6.07) is 9.47. The summed E-state index contributed by atoms with van der Waals surface area (Å²) in [5.74, 6) is -0.251. The molecule has 1 aromatic heterocycles. The lowest BCUT2D eigenvalue weighted by atomic mass is 10.2. The lowest BCUT2D eigenvalue weighted by Gasteiger charge is -2.17. The number of rotatable bonds is 9. The van der Waals surface area contributed by atoms with E-state index in [-0.39, 0.29) is 49.5 Å². The van der Waals surface area contributed by atoms with Crippen molar-refractivity contribution in [3.63, 3.8) is 0 Å². The summed E-state index contributed by atoms with van der Waals surface area (Å²) in [4.78, 5) is 38.8. The second-order valence-electron chi connectivity index (χ2n) is 5.54. The highest BCUT2D eigenvalue weighted by Gasteiger charge is 2.17. The molecule has 4 N–H and O–H groups in total. The van der Waals surface area contributed by atoms with Crippen LogP contribution in [0.3, 0.4) is 0 Å². The first-order valence-electron chi connectivity index (χ1n) is 8.15. The molecule has 27 heavy (non-hydrogen) atoms. The topological polar surface area (TPSA) is 117 Å². The molecule has 1 aromatic carbocycles. The van der Waals surface area contributed by atoms with E-state index in [4.69, 9.17) is 4.74 Å². The van der Waals surface area contributed by atoms with Crippen LogP contribution in [-0.2, 0) is 22.6 Å². The zero-order valence-corrected chi connectivity index (χ0v) is 16.0. The number of carbonyl (C=O) groups is 1. The Kier molecular flexibility index (Phi) is 9.27. The van der Waals surface area contributed by atoms with Crippen molar-refractivity contribution in [3.05, 3.63) is 56.7 Å². The molecule has 0 saturated carbocycles. The molecule has 0 bridgehead atoms. The first-order chi connectivity index (χ1) is 12.6. The van der Waals surface area contributed by atoms with E-state index in [1.165, 1.54) is 11.7 Å². The zero-order valence-electron chi connectivity index (χ0n) is 15.2. The second-order valence-corrected chi connectivity index (χ2v) is 5.54. The third-order valence-corrected chi connectivity index (χ3v) is 3.63. The first kappa shape index (κ1) is 22.4. The van der Waals surface area contributed by atoms with Gasteiger partial charge in [0.25, 0.3) is 5.56 Å². The summed E-state index contributed by atoms with van der Waals surface area (Å²) in [6.45, 7) is 0.838. The number of anilines is 2. The lowest BCUT2D eigenvalue weighted by Crippen LogP contribution is -2.37. The Balaban J connectivity index is 0.00000364. The Morgan fingerprint density at radius 3 is 2.56 bits per heavy atom.